The van der Waals surface area contributed by atoms with Gasteiger partial charge in [-0.3, -0.25) is 0 Å². The zero-order valence-electron chi connectivity index (χ0n) is 12.6. The molecule has 1 aromatic rings. The topological polar surface area (TPSA) is 30.5 Å². The minimum absolute atomic E-state index is 0.0300. The van der Waals surface area contributed by atoms with Crippen molar-refractivity contribution in [2.75, 3.05) is 26.9 Å². The molecule has 0 heterocycles. The fourth-order valence-electron chi connectivity index (χ4n) is 1.81. The second-order valence-electron chi connectivity index (χ2n) is 4.92. The van der Waals surface area contributed by atoms with Gasteiger partial charge in [0.05, 0.1) is 13.2 Å². The lowest BCUT2D eigenvalue weighted by molar-refractivity contribution is -0.174. The van der Waals surface area contributed by atoms with Crippen LogP contribution in [0.15, 0.2) is 18.2 Å². The van der Waals surface area contributed by atoms with Gasteiger partial charge in [-0.25, -0.2) is 0 Å². The average molecular weight is 305 g/mol. The molecule has 1 unspecified atom stereocenters. The molecule has 1 aromatic carbocycles. The molecule has 0 aliphatic carbocycles. The monoisotopic (exact) mass is 305 g/mol. The standard InChI is InChI=1S/C15H22F3NO2/c1-11-5-6-13(12(2)19-3)14(9-11)21-8-4-7-20-10-15(16,17)18/h5-6,9,12,19H,4,7-8,10H2,1-3H3. The average Bonchev–Trinajstić information content (AvgIpc) is 2.41. The van der Waals surface area contributed by atoms with Gasteiger partial charge in [0.2, 0.25) is 0 Å². The van der Waals surface area contributed by atoms with E-state index in [9.17, 15) is 13.2 Å². The van der Waals surface area contributed by atoms with Crippen molar-refractivity contribution in [3.05, 3.63) is 29.3 Å². The normalized spacial score (nSPS) is 13.2. The van der Waals surface area contributed by atoms with Crippen molar-refractivity contribution >= 4 is 0 Å². The Hall–Kier alpha value is -1.27. The largest absolute Gasteiger partial charge is 0.493 e. The second kappa shape index (κ2) is 8.24. The molecule has 0 aromatic heterocycles. The summed E-state index contributed by atoms with van der Waals surface area (Å²) in [5, 5.41) is 3.14. The number of ether oxygens (including phenoxy) is 2. The molecule has 0 bridgehead atoms. The number of hydrogen-bond donors (Lipinski definition) is 1. The summed E-state index contributed by atoms with van der Waals surface area (Å²) < 4.78 is 45.9. The fourth-order valence-corrected chi connectivity index (χ4v) is 1.81. The van der Waals surface area contributed by atoms with E-state index in [-0.39, 0.29) is 12.6 Å². The maximum absolute atomic E-state index is 11.9. The molecular formula is C15H22F3NO2. The highest BCUT2D eigenvalue weighted by Gasteiger charge is 2.27. The van der Waals surface area contributed by atoms with Gasteiger partial charge in [0.1, 0.15) is 12.4 Å². The highest BCUT2D eigenvalue weighted by Crippen LogP contribution is 2.26. The molecule has 0 aliphatic rings. The van der Waals surface area contributed by atoms with E-state index in [0.717, 1.165) is 16.9 Å². The Morgan fingerprint density at radius 3 is 2.57 bits per heavy atom. The first kappa shape index (κ1) is 17.8. The van der Waals surface area contributed by atoms with E-state index >= 15 is 0 Å². The van der Waals surface area contributed by atoms with Gasteiger partial charge < -0.3 is 14.8 Å². The minimum atomic E-state index is -4.27. The number of halogens is 3. The van der Waals surface area contributed by atoms with Crippen molar-refractivity contribution in [3.63, 3.8) is 0 Å². The molecule has 21 heavy (non-hydrogen) atoms. The summed E-state index contributed by atoms with van der Waals surface area (Å²) >= 11 is 0. The van der Waals surface area contributed by atoms with E-state index in [1.807, 2.05) is 39.1 Å². The predicted octanol–water partition coefficient (Wildman–Crippen LogP) is 3.62. The van der Waals surface area contributed by atoms with Gasteiger partial charge in [0.25, 0.3) is 0 Å². The highest BCUT2D eigenvalue weighted by atomic mass is 19.4. The van der Waals surface area contributed by atoms with Crippen molar-refractivity contribution in [2.45, 2.75) is 32.5 Å². The van der Waals surface area contributed by atoms with Crippen LogP contribution < -0.4 is 10.1 Å². The van der Waals surface area contributed by atoms with Crippen LogP contribution in [0, 0.1) is 6.92 Å². The molecule has 1 rings (SSSR count). The Balaban J connectivity index is 2.42. The quantitative estimate of drug-likeness (QED) is 0.744. The Morgan fingerprint density at radius 1 is 1.24 bits per heavy atom. The summed E-state index contributed by atoms with van der Waals surface area (Å²) in [6.07, 6.45) is -3.86. The number of rotatable bonds is 8. The van der Waals surface area contributed by atoms with Gasteiger partial charge in [-0.15, -0.1) is 0 Å². The van der Waals surface area contributed by atoms with Gasteiger partial charge in [-0.1, -0.05) is 12.1 Å². The van der Waals surface area contributed by atoms with Gasteiger partial charge in [-0.2, -0.15) is 13.2 Å². The molecule has 0 amide bonds. The summed E-state index contributed by atoms with van der Waals surface area (Å²) in [5.74, 6) is 0.757. The lowest BCUT2D eigenvalue weighted by Crippen LogP contribution is -2.18. The molecule has 3 nitrogen and oxygen atoms in total. The molecular weight excluding hydrogens is 283 g/mol. The third-order valence-corrected chi connectivity index (χ3v) is 3.02. The molecule has 1 atom stereocenters. The van der Waals surface area contributed by atoms with Crippen LogP contribution in [0.3, 0.4) is 0 Å². The van der Waals surface area contributed by atoms with Crippen LogP contribution in [0.1, 0.15) is 30.5 Å². The van der Waals surface area contributed by atoms with E-state index in [1.165, 1.54) is 0 Å². The first-order chi connectivity index (χ1) is 9.83. The smallest absolute Gasteiger partial charge is 0.411 e. The summed E-state index contributed by atoms with van der Waals surface area (Å²) in [6, 6.07) is 6.07. The molecule has 120 valence electrons. The van der Waals surface area contributed by atoms with Crippen molar-refractivity contribution in [3.8, 4) is 5.75 Å². The molecule has 0 saturated heterocycles. The summed E-state index contributed by atoms with van der Waals surface area (Å²) in [6.45, 7) is 3.13. The van der Waals surface area contributed by atoms with Gasteiger partial charge in [-0.05, 0) is 32.5 Å². The maximum atomic E-state index is 11.9. The van der Waals surface area contributed by atoms with Crippen molar-refractivity contribution in [1.82, 2.24) is 5.32 Å². The molecule has 1 N–H and O–H groups in total. The Bertz CT molecular complexity index is 435. The molecule has 0 aliphatic heterocycles. The maximum Gasteiger partial charge on any atom is 0.411 e. The highest BCUT2D eigenvalue weighted by molar-refractivity contribution is 5.39. The van der Waals surface area contributed by atoms with E-state index in [2.05, 4.69) is 10.1 Å². The van der Waals surface area contributed by atoms with Crippen molar-refractivity contribution < 1.29 is 22.6 Å². The number of alkyl halides is 3. The minimum Gasteiger partial charge on any atom is -0.493 e. The van der Waals surface area contributed by atoms with E-state index < -0.39 is 12.8 Å². The van der Waals surface area contributed by atoms with E-state index in [0.29, 0.717) is 13.0 Å². The SMILES string of the molecule is CNC(C)c1ccc(C)cc1OCCCOCC(F)(F)F. The third-order valence-electron chi connectivity index (χ3n) is 3.02. The fraction of sp³-hybridized carbons (Fsp3) is 0.600. The number of hydrogen-bond acceptors (Lipinski definition) is 3. The summed E-state index contributed by atoms with van der Waals surface area (Å²) in [5.41, 5.74) is 2.10. The van der Waals surface area contributed by atoms with E-state index in [1.54, 1.807) is 0 Å². The molecule has 0 spiro atoms. The third kappa shape index (κ3) is 6.82. The van der Waals surface area contributed by atoms with E-state index in [4.69, 9.17) is 4.74 Å². The summed E-state index contributed by atoms with van der Waals surface area (Å²) in [7, 11) is 1.86. The second-order valence-corrected chi connectivity index (χ2v) is 4.92. The summed E-state index contributed by atoms with van der Waals surface area (Å²) in [4.78, 5) is 0. The Labute approximate surface area is 123 Å². The predicted molar refractivity (Wildman–Crippen MR) is 75.6 cm³/mol. The molecule has 0 radical (unpaired) electrons. The van der Waals surface area contributed by atoms with Crippen molar-refractivity contribution in [1.29, 1.82) is 0 Å². The van der Waals surface area contributed by atoms with Crippen LogP contribution >= 0.6 is 0 Å². The van der Waals surface area contributed by atoms with Gasteiger partial charge in [0, 0.05) is 18.0 Å². The van der Waals surface area contributed by atoms with Gasteiger partial charge in [0.15, 0.2) is 0 Å². The van der Waals surface area contributed by atoms with Crippen LogP contribution in [0.4, 0.5) is 13.2 Å². The van der Waals surface area contributed by atoms with Crippen molar-refractivity contribution in [2.24, 2.45) is 0 Å². The van der Waals surface area contributed by atoms with Gasteiger partial charge >= 0.3 is 6.18 Å². The van der Waals surface area contributed by atoms with Crippen LogP contribution in [-0.2, 0) is 4.74 Å². The number of nitrogens with one attached hydrogen (secondary N) is 1. The van der Waals surface area contributed by atoms with Crippen LogP contribution in [-0.4, -0.2) is 33.0 Å². The first-order valence-electron chi connectivity index (χ1n) is 6.88. The zero-order valence-corrected chi connectivity index (χ0v) is 12.6. The van der Waals surface area contributed by atoms with Crippen LogP contribution in [0.2, 0.25) is 0 Å². The number of aryl methyl sites for hydroxylation is 1. The Kier molecular flexibility index (Phi) is 6.98. The molecule has 0 fully saturated rings. The lowest BCUT2D eigenvalue weighted by Gasteiger charge is -2.17. The first-order valence-corrected chi connectivity index (χ1v) is 6.88. The lowest BCUT2D eigenvalue weighted by atomic mass is 10.1. The van der Waals surface area contributed by atoms with Crippen LogP contribution in [0.5, 0.6) is 5.75 Å². The van der Waals surface area contributed by atoms with Crippen LogP contribution in [0.25, 0.3) is 0 Å². The molecule has 6 heteroatoms. The Morgan fingerprint density at radius 2 is 1.95 bits per heavy atom. The number of benzene rings is 1. The molecule has 0 saturated carbocycles. The zero-order chi connectivity index (χ0) is 15.9.